The number of thioether (sulfide) groups is 1. The predicted molar refractivity (Wildman–Crippen MR) is 77.6 cm³/mol. The molecule has 1 aliphatic rings. The van der Waals surface area contributed by atoms with Crippen LogP contribution in [-0.4, -0.2) is 26.5 Å². The Morgan fingerprint density at radius 3 is 2.90 bits per heavy atom. The largest absolute Gasteiger partial charge is 0.481 e. The van der Waals surface area contributed by atoms with Gasteiger partial charge < -0.3 is 9.63 Å². The van der Waals surface area contributed by atoms with Crippen molar-refractivity contribution in [1.82, 2.24) is 10.1 Å². The molecular weight excluding hydrogens is 276 g/mol. The molecule has 0 aromatic carbocycles. The van der Waals surface area contributed by atoms with E-state index in [9.17, 15) is 4.79 Å². The number of carboxylic acids is 1. The molecule has 1 aliphatic carbocycles. The van der Waals surface area contributed by atoms with E-state index < -0.39 is 5.97 Å². The molecule has 20 heavy (non-hydrogen) atoms. The highest BCUT2D eigenvalue weighted by atomic mass is 32.2. The fourth-order valence-corrected chi connectivity index (χ4v) is 3.69. The van der Waals surface area contributed by atoms with Crippen LogP contribution in [-0.2, 0) is 17.0 Å². The Morgan fingerprint density at radius 1 is 1.45 bits per heavy atom. The molecule has 0 saturated heterocycles. The Morgan fingerprint density at radius 2 is 2.20 bits per heavy atom. The molecule has 1 aromatic heterocycles. The van der Waals surface area contributed by atoms with Gasteiger partial charge in [-0.3, -0.25) is 4.79 Å². The van der Waals surface area contributed by atoms with Gasteiger partial charge in [-0.25, -0.2) is 0 Å². The summed E-state index contributed by atoms with van der Waals surface area (Å²) in [7, 11) is 0. The summed E-state index contributed by atoms with van der Waals surface area (Å²) in [5.74, 6) is 1.31. The van der Waals surface area contributed by atoms with Gasteiger partial charge in [0.05, 0.1) is 5.75 Å². The number of hydrogen-bond acceptors (Lipinski definition) is 5. The van der Waals surface area contributed by atoms with Crippen molar-refractivity contribution < 1.29 is 14.4 Å². The van der Waals surface area contributed by atoms with E-state index in [4.69, 9.17) is 9.63 Å². The number of carboxylic acid groups (broad SMARTS) is 1. The van der Waals surface area contributed by atoms with E-state index in [0.717, 1.165) is 16.8 Å². The Balaban J connectivity index is 1.75. The van der Waals surface area contributed by atoms with Gasteiger partial charge in [-0.1, -0.05) is 31.3 Å². The van der Waals surface area contributed by atoms with Crippen molar-refractivity contribution in [1.29, 1.82) is 0 Å². The molecule has 1 atom stereocenters. The minimum absolute atomic E-state index is 0.0202. The van der Waals surface area contributed by atoms with E-state index in [-0.39, 0.29) is 12.3 Å². The highest BCUT2D eigenvalue weighted by Crippen LogP contribution is 2.29. The number of carbonyl (C=O) groups is 1. The fraction of sp³-hybridized carbons (Fsp3) is 0.786. The average molecular weight is 298 g/mol. The van der Waals surface area contributed by atoms with Crippen molar-refractivity contribution in [2.45, 2.75) is 62.9 Å². The van der Waals surface area contributed by atoms with Crippen molar-refractivity contribution in [3.05, 3.63) is 11.7 Å². The third-order valence-corrected chi connectivity index (χ3v) is 4.92. The zero-order valence-corrected chi connectivity index (χ0v) is 12.7. The van der Waals surface area contributed by atoms with E-state index in [0.29, 0.717) is 12.3 Å². The van der Waals surface area contributed by atoms with Crippen LogP contribution in [0.1, 0.15) is 57.2 Å². The third-order valence-electron chi connectivity index (χ3n) is 3.56. The topological polar surface area (TPSA) is 76.2 Å². The molecule has 1 saturated carbocycles. The van der Waals surface area contributed by atoms with Crippen molar-refractivity contribution >= 4 is 17.7 Å². The van der Waals surface area contributed by atoms with Gasteiger partial charge in [-0.2, -0.15) is 16.7 Å². The second kappa shape index (κ2) is 7.67. The van der Waals surface area contributed by atoms with Crippen LogP contribution in [0.25, 0.3) is 0 Å². The van der Waals surface area contributed by atoms with E-state index in [1.165, 1.54) is 32.1 Å². The molecule has 1 aromatic rings. The molecule has 1 fully saturated rings. The monoisotopic (exact) mass is 298 g/mol. The van der Waals surface area contributed by atoms with Crippen molar-refractivity contribution in [3.8, 4) is 0 Å². The zero-order chi connectivity index (χ0) is 14.4. The number of aromatic nitrogens is 2. The summed E-state index contributed by atoms with van der Waals surface area (Å²) < 4.78 is 5.19. The van der Waals surface area contributed by atoms with Crippen LogP contribution in [0, 0.1) is 5.92 Å². The van der Waals surface area contributed by atoms with Gasteiger partial charge in [0.1, 0.15) is 0 Å². The molecule has 0 amide bonds. The molecule has 1 unspecified atom stereocenters. The molecule has 0 spiro atoms. The van der Waals surface area contributed by atoms with Gasteiger partial charge >= 0.3 is 5.97 Å². The second-order valence-corrected chi connectivity index (χ2v) is 6.87. The van der Waals surface area contributed by atoms with Crippen LogP contribution in [0.15, 0.2) is 4.52 Å². The Hall–Kier alpha value is -1.04. The highest BCUT2D eigenvalue weighted by molar-refractivity contribution is 7.99. The predicted octanol–water partition coefficient (Wildman–Crippen LogP) is 3.29. The molecule has 0 bridgehead atoms. The quantitative estimate of drug-likeness (QED) is 0.832. The normalized spacial score (nSPS) is 18.1. The van der Waals surface area contributed by atoms with Gasteiger partial charge in [-0.15, -0.1) is 0 Å². The molecule has 0 aliphatic heterocycles. The SMILES string of the molecule is CC(CC(=O)O)Cc1nc(CSC2CCCCC2)no1. The lowest BCUT2D eigenvalue weighted by molar-refractivity contribution is -0.137. The summed E-state index contributed by atoms with van der Waals surface area (Å²) in [5, 5.41) is 13.4. The molecule has 112 valence electrons. The lowest BCUT2D eigenvalue weighted by Crippen LogP contribution is -2.08. The number of aliphatic carboxylic acids is 1. The van der Waals surface area contributed by atoms with E-state index in [2.05, 4.69) is 10.1 Å². The van der Waals surface area contributed by atoms with E-state index >= 15 is 0 Å². The summed E-state index contributed by atoms with van der Waals surface area (Å²) >= 11 is 1.91. The molecule has 0 radical (unpaired) electrons. The summed E-state index contributed by atoms with van der Waals surface area (Å²) in [4.78, 5) is 15.0. The molecule has 6 heteroatoms. The maximum Gasteiger partial charge on any atom is 0.303 e. The van der Waals surface area contributed by atoms with Crippen LogP contribution in [0.5, 0.6) is 0 Å². The lowest BCUT2D eigenvalue weighted by Gasteiger charge is -2.19. The summed E-state index contributed by atoms with van der Waals surface area (Å²) in [5.41, 5.74) is 0. The first-order chi connectivity index (χ1) is 9.63. The molecule has 1 N–H and O–H groups in total. The van der Waals surface area contributed by atoms with Gasteiger partial charge in [0.15, 0.2) is 5.82 Å². The van der Waals surface area contributed by atoms with Crippen LogP contribution < -0.4 is 0 Å². The maximum absolute atomic E-state index is 10.6. The van der Waals surface area contributed by atoms with Gasteiger partial charge in [0.2, 0.25) is 5.89 Å². The van der Waals surface area contributed by atoms with E-state index in [1.54, 1.807) is 0 Å². The molecular formula is C14H22N2O3S. The van der Waals surface area contributed by atoms with Crippen molar-refractivity contribution in [3.63, 3.8) is 0 Å². The Bertz CT molecular complexity index is 430. The van der Waals surface area contributed by atoms with Gasteiger partial charge in [0, 0.05) is 18.1 Å². The minimum atomic E-state index is -0.787. The van der Waals surface area contributed by atoms with Crippen LogP contribution in [0.2, 0.25) is 0 Å². The molecule has 1 heterocycles. The smallest absolute Gasteiger partial charge is 0.303 e. The second-order valence-electron chi connectivity index (χ2n) is 5.58. The van der Waals surface area contributed by atoms with Crippen molar-refractivity contribution in [2.75, 3.05) is 0 Å². The standard InChI is InChI=1S/C14H22N2O3S/c1-10(8-14(17)18)7-13-15-12(16-19-13)9-20-11-5-3-2-4-6-11/h10-11H,2-9H2,1H3,(H,17,18). The molecule has 2 rings (SSSR count). The molecule has 5 nitrogen and oxygen atoms in total. The first-order valence-electron chi connectivity index (χ1n) is 7.28. The minimum Gasteiger partial charge on any atom is -0.481 e. The van der Waals surface area contributed by atoms with E-state index in [1.807, 2.05) is 18.7 Å². The maximum atomic E-state index is 10.6. The van der Waals surface area contributed by atoms with Crippen LogP contribution in [0.3, 0.4) is 0 Å². The van der Waals surface area contributed by atoms with Gasteiger partial charge in [-0.05, 0) is 18.8 Å². The Kier molecular flexibility index (Phi) is 5.88. The number of hydrogen-bond donors (Lipinski definition) is 1. The lowest BCUT2D eigenvalue weighted by atomic mass is 10.0. The number of nitrogens with zero attached hydrogens (tertiary/aromatic N) is 2. The van der Waals surface area contributed by atoms with Gasteiger partial charge in [0.25, 0.3) is 0 Å². The summed E-state index contributed by atoms with van der Waals surface area (Å²) in [6, 6.07) is 0. The number of rotatable bonds is 7. The average Bonchev–Trinajstić information content (AvgIpc) is 2.84. The van der Waals surface area contributed by atoms with Crippen LogP contribution >= 0.6 is 11.8 Å². The first-order valence-corrected chi connectivity index (χ1v) is 8.33. The summed E-state index contributed by atoms with van der Waals surface area (Å²) in [6.45, 7) is 1.88. The van der Waals surface area contributed by atoms with Crippen molar-refractivity contribution in [2.24, 2.45) is 5.92 Å². The Labute approximate surface area is 123 Å². The summed E-state index contributed by atoms with van der Waals surface area (Å²) in [6.07, 6.45) is 7.30. The fourth-order valence-electron chi connectivity index (χ4n) is 2.52. The highest BCUT2D eigenvalue weighted by Gasteiger charge is 2.17. The van der Waals surface area contributed by atoms with Crippen LogP contribution in [0.4, 0.5) is 0 Å². The first kappa shape index (κ1) is 15.4. The zero-order valence-electron chi connectivity index (χ0n) is 11.9. The third kappa shape index (κ3) is 5.15.